The average Bonchev–Trinajstić information content (AvgIpc) is 2.45. The summed E-state index contributed by atoms with van der Waals surface area (Å²) in [6.45, 7) is 9.82. The van der Waals surface area contributed by atoms with Crippen molar-refractivity contribution in [1.29, 1.82) is 0 Å². The molecule has 112 valence electrons. The van der Waals surface area contributed by atoms with Gasteiger partial charge in [-0.15, -0.1) is 0 Å². The molecule has 2 rings (SSSR count). The summed E-state index contributed by atoms with van der Waals surface area (Å²) in [7, 11) is 0. The van der Waals surface area contributed by atoms with E-state index in [-0.39, 0.29) is 5.41 Å². The van der Waals surface area contributed by atoms with Crippen LogP contribution in [0.1, 0.15) is 50.4 Å². The zero-order chi connectivity index (χ0) is 15.5. The molecule has 2 heteroatoms. The number of halogens is 1. The number of benzene rings is 2. The maximum Gasteiger partial charge on any atom is 0.0306 e. The first kappa shape index (κ1) is 16.3. The van der Waals surface area contributed by atoms with Crippen LogP contribution >= 0.6 is 15.9 Å². The lowest BCUT2D eigenvalue weighted by Crippen LogP contribution is -2.18. The van der Waals surface area contributed by atoms with Crippen LogP contribution in [0.25, 0.3) is 0 Å². The molecule has 0 aliphatic heterocycles. The molecule has 0 aliphatic rings. The third kappa shape index (κ3) is 4.42. The third-order valence-electron chi connectivity index (χ3n) is 3.80. The summed E-state index contributed by atoms with van der Waals surface area (Å²) in [6, 6.07) is 17.6. The van der Waals surface area contributed by atoms with E-state index in [1.54, 1.807) is 0 Å². The largest absolute Gasteiger partial charge is 0.306 e. The lowest BCUT2D eigenvalue weighted by molar-refractivity contribution is 0.570. The van der Waals surface area contributed by atoms with Gasteiger partial charge in [-0.05, 0) is 35.1 Å². The summed E-state index contributed by atoms with van der Waals surface area (Å²) in [6.07, 6.45) is 0. The highest BCUT2D eigenvalue weighted by molar-refractivity contribution is 9.10. The first-order valence-corrected chi connectivity index (χ1v) is 8.24. The molecule has 1 N–H and O–H groups in total. The van der Waals surface area contributed by atoms with Gasteiger partial charge in [0.1, 0.15) is 0 Å². The van der Waals surface area contributed by atoms with E-state index in [1.807, 2.05) is 6.07 Å². The minimum Gasteiger partial charge on any atom is -0.306 e. The molecule has 0 bridgehead atoms. The van der Waals surface area contributed by atoms with Gasteiger partial charge in [-0.1, -0.05) is 79.2 Å². The minimum atomic E-state index is 0.216. The Hall–Kier alpha value is -1.12. The average molecular weight is 346 g/mol. The van der Waals surface area contributed by atoms with Gasteiger partial charge >= 0.3 is 0 Å². The van der Waals surface area contributed by atoms with Gasteiger partial charge < -0.3 is 5.32 Å². The second-order valence-electron chi connectivity index (χ2n) is 6.57. The Morgan fingerprint density at radius 3 is 2.19 bits per heavy atom. The van der Waals surface area contributed by atoms with Gasteiger partial charge in [0, 0.05) is 17.1 Å². The Balaban J connectivity index is 1.99. The van der Waals surface area contributed by atoms with Crippen molar-refractivity contribution in [3.05, 3.63) is 69.7 Å². The van der Waals surface area contributed by atoms with E-state index in [1.165, 1.54) is 16.7 Å². The van der Waals surface area contributed by atoms with Gasteiger partial charge in [-0.3, -0.25) is 0 Å². The Morgan fingerprint density at radius 1 is 1.00 bits per heavy atom. The van der Waals surface area contributed by atoms with Crippen LogP contribution in [0, 0.1) is 0 Å². The Labute approximate surface area is 136 Å². The summed E-state index contributed by atoms with van der Waals surface area (Å²) < 4.78 is 1.16. The fraction of sp³-hybridized carbons (Fsp3) is 0.368. The molecule has 0 unspecified atom stereocenters. The van der Waals surface area contributed by atoms with E-state index < -0.39 is 0 Å². The summed E-state index contributed by atoms with van der Waals surface area (Å²) in [4.78, 5) is 0. The lowest BCUT2D eigenvalue weighted by atomic mass is 9.87. The van der Waals surface area contributed by atoms with Crippen molar-refractivity contribution < 1.29 is 0 Å². The van der Waals surface area contributed by atoms with Gasteiger partial charge in [0.15, 0.2) is 0 Å². The summed E-state index contributed by atoms with van der Waals surface area (Å²) >= 11 is 3.61. The summed E-state index contributed by atoms with van der Waals surface area (Å²) in [5.74, 6) is 0. The highest BCUT2D eigenvalue weighted by Crippen LogP contribution is 2.24. The molecule has 0 aromatic heterocycles. The molecule has 0 saturated heterocycles. The molecule has 21 heavy (non-hydrogen) atoms. The molecular weight excluding hydrogens is 322 g/mol. The first-order valence-electron chi connectivity index (χ1n) is 7.45. The van der Waals surface area contributed by atoms with Crippen molar-refractivity contribution in [2.75, 3.05) is 0 Å². The van der Waals surface area contributed by atoms with Gasteiger partial charge in [-0.2, -0.15) is 0 Å². The van der Waals surface area contributed by atoms with E-state index in [4.69, 9.17) is 0 Å². The monoisotopic (exact) mass is 345 g/mol. The first-order chi connectivity index (χ1) is 9.88. The predicted octanol–water partition coefficient (Wildman–Crippen LogP) is 5.60. The minimum absolute atomic E-state index is 0.216. The smallest absolute Gasteiger partial charge is 0.0306 e. The standard InChI is InChI=1S/C19H24BrN/c1-14(17-7-5-6-8-18(17)20)21-13-15-9-11-16(12-10-15)19(2,3)4/h5-12,14,21H,13H2,1-4H3/t14-/m0/s1. The highest BCUT2D eigenvalue weighted by atomic mass is 79.9. The van der Waals surface area contributed by atoms with Crippen LogP contribution in [-0.2, 0) is 12.0 Å². The maximum absolute atomic E-state index is 3.61. The van der Waals surface area contributed by atoms with E-state index in [0.717, 1.165) is 11.0 Å². The molecule has 0 radical (unpaired) electrons. The van der Waals surface area contributed by atoms with Crippen LogP contribution in [0.5, 0.6) is 0 Å². The van der Waals surface area contributed by atoms with E-state index in [2.05, 4.69) is 91.4 Å². The number of hydrogen-bond acceptors (Lipinski definition) is 1. The third-order valence-corrected chi connectivity index (χ3v) is 4.53. The molecule has 0 amide bonds. The number of rotatable bonds is 4. The van der Waals surface area contributed by atoms with Crippen LogP contribution < -0.4 is 5.32 Å². The topological polar surface area (TPSA) is 12.0 Å². The van der Waals surface area contributed by atoms with Crippen molar-refractivity contribution in [3.63, 3.8) is 0 Å². The molecule has 2 aromatic carbocycles. The molecule has 0 fully saturated rings. The zero-order valence-corrected chi connectivity index (χ0v) is 14.9. The molecule has 0 heterocycles. The molecular formula is C19H24BrN. The van der Waals surface area contributed by atoms with Crippen LogP contribution in [-0.4, -0.2) is 0 Å². The van der Waals surface area contributed by atoms with Gasteiger partial charge in [0.25, 0.3) is 0 Å². The quantitative estimate of drug-likeness (QED) is 0.760. The number of nitrogens with one attached hydrogen (secondary N) is 1. The molecule has 0 saturated carbocycles. The van der Waals surface area contributed by atoms with Crippen LogP contribution in [0.15, 0.2) is 53.0 Å². The van der Waals surface area contributed by atoms with Crippen molar-refractivity contribution in [1.82, 2.24) is 5.32 Å². The second kappa shape index (κ2) is 6.76. The maximum atomic E-state index is 3.61. The molecule has 0 spiro atoms. The second-order valence-corrected chi connectivity index (χ2v) is 7.43. The van der Waals surface area contributed by atoms with Crippen molar-refractivity contribution in [3.8, 4) is 0 Å². The Kier molecular flexibility index (Phi) is 5.23. The molecule has 1 atom stereocenters. The SMILES string of the molecule is C[C@H](NCc1ccc(C(C)(C)C)cc1)c1ccccc1Br. The van der Waals surface area contributed by atoms with E-state index in [9.17, 15) is 0 Å². The van der Waals surface area contributed by atoms with Gasteiger partial charge in [0.05, 0.1) is 0 Å². The predicted molar refractivity (Wildman–Crippen MR) is 94.5 cm³/mol. The van der Waals surface area contributed by atoms with Gasteiger partial charge in [0.2, 0.25) is 0 Å². The zero-order valence-electron chi connectivity index (χ0n) is 13.3. The summed E-state index contributed by atoms with van der Waals surface area (Å²) in [5.41, 5.74) is 4.21. The van der Waals surface area contributed by atoms with E-state index >= 15 is 0 Å². The fourth-order valence-electron chi connectivity index (χ4n) is 2.33. The van der Waals surface area contributed by atoms with Crippen molar-refractivity contribution in [2.45, 2.75) is 45.7 Å². The summed E-state index contributed by atoms with van der Waals surface area (Å²) in [5, 5.41) is 3.58. The molecule has 1 nitrogen and oxygen atoms in total. The van der Waals surface area contributed by atoms with E-state index in [0.29, 0.717) is 6.04 Å². The van der Waals surface area contributed by atoms with Crippen LogP contribution in [0.3, 0.4) is 0 Å². The molecule has 2 aromatic rings. The van der Waals surface area contributed by atoms with Crippen LogP contribution in [0.2, 0.25) is 0 Å². The highest BCUT2D eigenvalue weighted by Gasteiger charge is 2.13. The molecule has 0 aliphatic carbocycles. The lowest BCUT2D eigenvalue weighted by Gasteiger charge is -2.20. The number of hydrogen-bond donors (Lipinski definition) is 1. The Bertz CT molecular complexity index is 581. The van der Waals surface area contributed by atoms with Gasteiger partial charge in [-0.25, -0.2) is 0 Å². The Morgan fingerprint density at radius 2 is 1.62 bits per heavy atom. The van der Waals surface area contributed by atoms with Crippen LogP contribution in [0.4, 0.5) is 0 Å². The fourth-order valence-corrected chi connectivity index (χ4v) is 2.96. The normalized spacial score (nSPS) is 13.2. The van der Waals surface area contributed by atoms with Crippen molar-refractivity contribution in [2.24, 2.45) is 0 Å². The van der Waals surface area contributed by atoms with Crippen molar-refractivity contribution >= 4 is 15.9 Å².